The lowest BCUT2D eigenvalue weighted by Gasteiger charge is -2.32. The van der Waals surface area contributed by atoms with E-state index in [1.54, 1.807) is 0 Å². The number of nitrogens with zero attached hydrogens (tertiary/aromatic N) is 2. The summed E-state index contributed by atoms with van der Waals surface area (Å²) in [5, 5.41) is 1.64. The van der Waals surface area contributed by atoms with E-state index in [0.717, 1.165) is 73.5 Å². The van der Waals surface area contributed by atoms with Gasteiger partial charge in [-0.05, 0) is 50.6 Å². The lowest BCUT2D eigenvalue weighted by Crippen LogP contribution is -2.44. The molecule has 1 atom stereocenters. The van der Waals surface area contributed by atoms with Crippen LogP contribution in [0.25, 0.3) is 0 Å². The Morgan fingerprint density at radius 2 is 1.92 bits per heavy atom. The number of piperazine rings is 1. The number of rotatable bonds is 6. The first kappa shape index (κ1) is 19.8. The Balaban J connectivity index is 1.48. The van der Waals surface area contributed by atoms with Gasteiger partial charge >= 0.3 is 0 Å². The van der Waals surface area contributed by atoms with E-state index in [4.69, 9.17) is 27.9 Å². The van der Waals surface area contributed by atoms with Crippen molar-refractivity contribution in [3.63, 3.8) is 0 Å². The second kappa shape index (κ2) is 9.27. The van der Waals surface area contributed by atoms with Gasteiger partial charge in [0.2, 0.25) is 0 Å². The zero-order valence-corrected chi connectivity index (χ0v) is 17.2. The van der Waals surface area contributed by atoms with E-state index in [-0.39, 0.29) is 5.92 Å². The van der Waals surface area contributed by atoms with Crippen molar-refractivity contribution in [3.05, 3.63) is 51.5 Å². The first-order valence-electron chi connectivity index (χ1n) is 9.39. The molecule has 1 unspecified atom stereocenters. The highest BCUT2D eigenvalue weighted by atomic mass is 35.5. The Morgan fingerprint density at radius 1 is 1.15 bits per heavy atom. The van der Waals surface area contributed by atoms with Gasteiger partial charge in [-0.1, -0.05) is 40.9 Å². The molecule has 0 bridgehead atoms. The van der Waals surface area contributed by atoms with E-state index in [1.807, 2.05) is 18.2 Å². The summed E-state index contributed by atoms with van der Waals surface area (Å²) in [5.74, 6) is 1.08. The summed E-state index contributed by atoms with van der Waals surface area (Å²) in [7, 11) is 2.18. The van der Waals surface area contributed by atoms with Gasteiger partial charge < -0.3 is 14.5 Å². The maximum absolute atomic E-state index is 6.52. The molecule has 3 rings (SSSR count). The summed E-state index contributed by atoms with van der Waals surface area (Å²) in [6.45, 7) is 8.51. The average Bonchev–Trinajstić information content (AvgIpc) is 2.59. The minimum absolute atomic E-state index is 0.242. The SMILES string of the molecule is CC1=CC(c2ccc(OCCCN3CCN(C)CC3)cc2Cl)CC(Cl)=C1. The Hall–Kier alpha value is -1.000. The molecule has 0 N–H and O–H groups in total. The molecule has 1 fully saturated rings. The highest BCUT2D eigenvalue weighted by Crippen LogP contribution is 2.37. The van der Waals surface area contributed by atoms with Gasteiger partial charge in [-0.25, -0.2) is 0 Å². The van der Waals surface area contributed by atoms with Gasteiger partial charge in [0.25, 0.3) is 0 Å². The molecule has 1 aliphatic heterocycles. The molecule has 0 spiro atoms. The molecule has 0 saturated carbocycles. The second-order valence-electron chi connectivity index (χ2n) is 7.34. The molecular formula is C21H28Cl2N2O. The number of ether oxygens (including phenoxy) is 1. The summed E-state index contributed by atoms with van der Waals surface area (Å²) in [6, 6.07) is 6.02. The molecule has 0 radical (unpaired) electrons. The van der Waals surface area contributed by atoms with Gasteiger partial charge in [-0.3, -0.25) is 0 Å². The monoisotopic (exact) mass is 394 g/mol. The van der Waals surface area contributed by atoms with E-state index in [1.165, 1.54) is 5.57 Å². The third kappa shape index (κ3) is 5.50. The van der Waals surface area contributed by atoms with Gasteiger partial charge in [-0.15, -0.1) is 0 Å². The van der Waals surface area contributed by atoms with Crippen LogP contribution >= 0.6 is 23.2 Å². The van der Waals surface area contributed by atoms with Gasteiger partial charge in [0.05, 0.1) is 6.61 Å². The summed E-state index contributed by atoms with van der Waals surface area (Å²) in [5.41, 5.74) is 2.30. The number of hydrogen-bond acceptors (Lipinski definition) is 3. The average molecular weight is 395 g/mol. The normalized spacial score (nSPS) is 22.1. The predicted molar refractivity (Wildman–Crippen MR) is 111 cm³/mol. The molecule has 1 heterocycles. The summed E-state index contributed by atoms with van der Waals surface area (Å²) in [6.07, 6.45) is 6.09. The molecule has 3 nitrogen and oxygen atoms in total. The molecule has 1 aromatic carbocycles. The quantitative estimate of drug-likeness (QED) is 0.637. The van der Waals surface area contributed by atoms with Crippen molar-refractivity contribution in [1.82, 2.24) is 9.80 Å². The first-order chi connectivity index (χ1) is 12.5. The molecular weight excluding hydrogens is 367 g/mol. The van der Waals surface area contributed by atoms with Crippen LogP contribution in [0.2, 0.25) is 5.02 Å². The minimum Gasteiger partial charge on any atom is -0.493 e. The third-order valence-electron chi connectivity index (χ3n) is 5.12. The van der Waals surface area contributed by atoms with E-state index in [9.17, 15) is 0 Å². The lowest BCUT2D eigenvalue weighted by molar-refractivity contribution is 0.145. The fourth-order valence-electron chi connectivity index (χ4n) is 3.59. The molecule has 1 aliphatic carbocycles. The van der Waals surface area contributed by atoms with Crippen molar-refractivity contribution in [3.8, 4) is 5.75 Å². The third-order valence-corrected chi connectivity index (χ3v) is 5.71. The van der Waals surface area contributed by atoms with Crippen molar-refractivity contribution in [1.29, 1.82) is 0 Å². The molecule has 26 heavy (non-hydrogen) atoms. The number of benzene rings is 1. The number of allylic oxidation sites excluding steroid dienone is 4. The van der Waals surface area contributed by atoms with Crippen LogP contribution in [0.5, 0.6) is 5.75 Å². The van der Waals surface area contributed by atoms with E-state index < -0.39 is 0 Å². The summed E-state index contributed by atoms with van der Waals surface area (Å²) >= 11 is 12.8. The van der Waals surface area contributed by atoms with Crippen LogP contribution in [0.1, 0.15) is 31.2 Å². The van der Waals surface area contributed by atoms with Gasteiger partial charge in [0.1, 0.15) is 5.75 Å². The zero-order chi connectivity index (χ0) is 18.5. The second-order valence-corrected chi connectivity index (χ2v) is 8.24. The largest absolute Gasteiger partial charge is 0.493 e. The Morgan fingerprint density at radius 3 is 2.62 bits per heavy atom. The Labute approximate surface area is 167 Å². The molecule has 1 aromatic rings. The van der Waals surface area contributed by atoms with Crippen LogP contribution < -0.4 is 4.74 Å². The molecule has 5 heteroatoms. The van der Waals surface area contributed by atoms with Crippen LogP contribution in [0.3, 0.4) is 0 Å². The fraction of sp³-hybridized carbons (Fsp3) is 0.524. The topological polar surface area (TPSA) is 15.7 Å². The van der Waals surface area contributed by atoms with Crippen LogP contribution in [-0.2, 0) is 0 Å². The molecule has 0 aromatic heterocycles. The maximum atomic E-state index is 6.52. The fourth-order valence-corrected chi connectivity index (χ4v) is 4.24. The van der Waals surface area contributed by atoms with Crippen LogP contribution in [0.15, 0.2) is 41.0 Å². The molecule has 142 valence electrons. The van der Waals surface area contributed by atoms with Crippen molar-refractivity contribution < 1.29 is 4.74 Å². The van der Waals surface area contributed by atoms with Gasteiger partial charge in [0.15, 0.2) is 0 Å². The highest BCUT2D eigenvalue weighted by Gasteiger charge is 2.18. The van der Waals surface area contributed by atoms with Crippen molar-refractivity contribution >= 4 is 23.2 Å². The zero-order valence-electron chi connectivity index (χ0n) is 15.7. The summed E-state index contributed by atoms with van der Waals surface area (Å²) < 4.78 is 5.91. The predicted octanol–water partition coefficient (Wildman–Crippen LogP) is 4.91. The highest BCUT2D eigenvalue weighted by molar-refractivity contribution is 6.32. The van der Waals surface area contributed by atoms with Crippen molar-refractivity contribution in [2.45, 2.75) is 25.7 Å². The Kier molecular flexibility index (Phi) is 7.05. The van der Waals surface area contributed by atoms with E-state index in [2.05, 4.69) is 35.9 Å². The van der Waals surface area contributed by atoms with Crippen LogP contribution in [0, 0.1) is 0 Å². The first-order valence-corrected chi connectivity index (χ1v) is 10.1. The maximum Gasteiger partial charge on any atom is 0.120 e. The van der Waals surface area contributed by atoms with Crippen LogP contribution in [0.4, 0.5) is 0 Å². The minimum atomic E-state index is 0.242. The van der Waals surface area contributed by atoms with Crippen molar-refractivity contribution in [2.24, 2.45) is 0 Å². The van der Waals surface area contributed by atoms with Crippen molar-refractivity contribution in [2.75, 3.05) is 46.4 Å². The number of hydrogen-bond donors (Lipinski definition) is 0. The van der Waals surface area contributed by atoms with E-state index in [0.29, 0.717) is 0 Å². The molecule has 1 saturated heterocycles. The molecule has 0 amide bonds. The summed E-state index contributed by atoms with van der Waals surface area (Å²) in [4.78, 5) is 4.89. The Bertz CT molecular complexity index is 679. The number of halogens is 2. The number of likely N-dealkylation sites (N-methyl/N-ethyl adjacent to an activating group) is 1. The van der Waals surface area contributed by atoms with Gasteiger partial charge in [-0.2, -0.15) is 0 Å². The lowest BCUT2D eigenvalue weighted by atomic mass is 9.90. The van der Waals surface area contributed by atoms with Gasteiger partial charge in [0, 0.05) is 48.7 Å². The van der Waals surface area contributed by atoms with E-state index >= 15 is 0 Å². The standard InChI is InChI=1S/C21H28Cl2N2O/c1-16-12-17(14-18(22)13-16)20-5-4-19(15-21(20)23)26-11-3-6-25-9-7-24(2)8-10-25/h4-5,12-13,15,17H,3,6-11,14H2,1-2H3. The molecule has 2 aliphatic rings. The smallest absolute Gasteiger partial charge is 0.120 e. The van der Waals surface area contributed by atoms with Crippen LogP contribution in [-0.4, -0.2) is 56.2 Å².